The third kappa shape index (κ3) is 4.52. The molecule has 0 spiro atoms. The fraction of sp³-hybridized carbons (Fsp3) is 0.429. The van der Waals surface area contributed by atoms with Gasteiger partial charge in [-0.2, -0.15) is 5.10 Å². The van der Waals surface area contributed by atoms with Crippen LogP contribution in [0, 0.1) is 6.92 Å². The van der Waals surface area contributed by atoms with Crippen molar-refractivity contribution >= 4 is 11.6 Å². The van der Waals surface area contributed by atoms with E-state index in [2.05, 4.69) is 20.4 Å². The van der Waals surface area contributed by atoms with Crippen molar-refractivity contribution in [1.29, 1.82) is 0 Å². The van der Waals surface area contributed by atoms with E-state index in [0.29, 0.717) is 18.9 Å². The summed E-state index contributed by atoms with van der Waals surface area (Å²) in [5.74, 6) is -0.153. The third-order valence-electron chi connectivity index (χ3n) is 2.87. The number of hydrogen-bond acceptors (Lipinski definition) is 6. The number of rotatable bonds is 7. The Kier molecular flexibility index (Phi) is 5.42. The van der Waals surface area contributed by atoms with Crippen LogP contribution in [0.25, 0.3) is 0 Å². The molecule has 2 aromatic heterocycles. The van der Waals surface area contributed by atoms with E-state index in [1.54, 1.807) is 11.8 Å². The molecular weight excluding hydrogens is 286 g/mol. The molecule has 2 aromatic rings. The lowest BCUT2D eigenvalue weighted by Crippen LogP contribution is -2.16. The van der Waals surface area contributed by atoms with Crippen molar-refractivity contribution in [3.63, 3.8) is 0 Å². The van der Waals surface area contributed by atoms with E-state index < -0.39 is 0 Å². The molecule has 0 aliphatic heterocycles. The average Bonchev–Trinajstić information content (AvgIpc) is 2.79. The minimum absolute atomic E-state index is 0.153. The van der Waals surface area contributed by atoms with Gasteiger partial charge in [0, 0.05) is 19.9 Å². The fourth-order valence-corrected chi connectivity index (χ4v) is 1.87. The summed E-state index contributed by atoms with van der Waals surface area (Å²) in [6, 6.07) is 2.13. The number of ether oxygens (including phenoxy) is 2. The van der Waals surface area contributed by atoms with E-state index >= 15 is 0 Å². The van der Waals surface area contributed by atoms with E-state index in [4.69, 9.17) is 9.47 Å². The van der Waals surface area contributed by atoms with Crippen LogP contribution in [-0.2, 0) is 23.0 Å². The Labute approximate surface area is 128 Å². The first kappa shape index (κ1) is 15.9. The Balaban J connectivity index is 1.87. The third-order valence-corrected chi connectivity index (χ3v) is 2.87. The Bertz CT molecular complexity index is 624. The molecule has 0 bridgehead atoms. The predicted octanol–water partition coefficient (Wildman–Crippen LogP) is 0.725. The first-order valence-corrected chi connectivity index (χ1v) is 6.81. The monoisotopic (exact) mass is 305 g/mol. The number of aromatic nitrogens is 4. The van der Waals surface area contributed by atoms with Crippen LogP contribution >= 0.6 is 0 Å². The molecule has 0 atom stereocenters. The quantitative estimate of drug-likeness (QED) is 0.758. The first-order valence-electron chi connectivity index (χ1n) is 6.81. The van der Waals surface area contributed by atoms with Gasteiger partial charge in [0.25, 0.3) is 0 Å². The number of methoxy groups -OCH3 is 1. The molecule has 0 fully saturated rings. The zero-order valence-corrected chi connectivity index (χ0v) is 12.9. The molecule has 0 aliphatic rings. The van der Waals surface area contributed by atoms with Crippen molar-refractivity contribution in [2.24, 2.45) is 7.05 Å². The van der Waals surface area contributed by atoms with Crippen LogP contribution < -0.4 is 10.1 Å². The number of amides is 1. The molecule has 2 heterocycles. The SMILES string of the molecule is COCCOc1ncc(NC(=O)Cc2cc(C)nn2C)cn1. The van der Waals surface area contributed by atoms with Crippen LogP contribution in [-0.4, -0.2) is 46.0 Å². The van der Waals surface area contributed by atoms with Gasteiger partial charge in [-0.05, 0) is 13.0 Å². The maximum atomic E-state index is 12.0. The van der Waals surface area contributed by atoms with E-state index in [-0.39, 0.29) is 18.3 Å². The van der Waals surface area contributed by atoms with Crippen LogP contribution in [0.4, 0.5) is 5.69 Å². The molecule has 1 amide bonds. The maximum absolute atomic E-state index is 12.0. The summed E-state index contributed by atoms with van der Waals surface area (Å²) in [6.07, 6.45) is 3.24. The molecule has 0 aromatic carbocycles. The topological polar surface area (TPSA) is 91.2 Å². The van der Waals surface area contributed by atoms with Crippen molar-refractivity contribution < 1.29 is 14.3 Å². The lowest BCUT2D eigenvalue weighted by Gasteiger charge is -2.06. The summed E-state index contributed by atoms with van der Waals surface area (Å²) in [7, 11) is 3.40. The lowest BCUT2D eigenvalue weighted by atomic mass is 10.2. The van der Waals surface area contributed by atoms with E-state index in [1.807, 2.05) is 20.0 Å². The summed E-state index contributed by atoms with van der Waals surface area (Å²) in [5.41, 5.74) is 2.24. The summed E-state index contributed by atoms with van der Waals surface area (Å²) in [6.45, 7) is 2.73. The Morgan fingerprint density at radius 1 is 1.32 bits per heavy atom. The predicted molar refractivity (Wildman–Crippen MR) is 79.7 cm³/mol. The molecular formula is C14H19N5O3. The number of carbonyl (C=O) groups excluding carboxylic acids is 1. The van der Waals surface area contributed by atoms with Gasteiger partial charge in [-0.3, -0.25) is 9.48 Å². The Morgan fingerprint density at radius 3 is 2.64 bits per heavy atom. The van der Waals surface area contributed by atoms with Crippen molar-refractivity contribution in [2.75, 3.05) is 25.6 Å². The summed E-state index contributed by atoms with van der Waals surface area (Å²) in [5, 5.41) is 6.94. The molecule has 2 rings (SSSR count). The molecule has 8 heteroatoms. The molecule has 22 heavy (non-hydrogen) atoms. The van der Waals surface area contributed by atoms with Gasteiger partial charge in [0.1, 0.15) is 6.61 Å². The van der Waals surface area contributed by atoms with Crippen LogP contribution in [0.15, 0.2) is 18.5 Å². The van der Waals surface area contributed by atoms with E-state index in [0.717, 1.165) is 11.4 Å². The van der Waals surface area contributed by atoms with Crippen molar-refractivity contribution in [1.82, 2.24) is 19.7 Å². The summed E-state index contributed by atoms with van der Waals surface area (Å²) in [4.78, 5) is 20.0. The number of nitrogens with zero attached hydrogens (tertiary/aromatic N) is 4. The van der Waals surface area contributed by atoms with Crippen molar-refractivity contribution in [3.8, 4) is 6.01 Å². The summed E-state index contributed by atoms with van der Waals surface area (Å²) >= 11 is 0. The molecule has 1 N–H and O–H groups in total. The summed E-state index contributed by atoms with van der Waals surface area (Å²) < 4.78 is 11.8. The number of aryl methyl sites for hydroxylation is 2. The van der Waals surface area contributed by atoms with Crippen LogP contribution in [0.5, 0.6) is 6.01 Å². The van der Waals surface area contributed by atoms with Crippen molar-refractivity contribution in [3.05, 3.63) is 29.8 Å². The van der Waals surface area contributed by atoms with Gasteiger partial charge >= 0.3 is 6.01 Å². The van der Waals surface area contributed by atoms with Gasteiger partial charge in [-0.1, -0.05) is 0 Å². The highest BCUT2D eigenvalue weighted by Crippen LogP contribution is 2.09. The normalized spacial score (nSPS) is 10.5. The van der Waals surface area contributed by atoms with E-state index in [1.165, 1.54) is 12.4 Å². The van der Waals surface area contributed by atoms with Gasteiger partial charge in [0.2, 0.25) is 5.91 Å². The second-order valence-corrected chi connectivity index (χ2v) is 4.72. The first-order chi connectivity index (χ1) is 10.6. The second-order valence-electron chi connectivity index (χ2n) is 4.72. The van der Waals surface area contributed by atoms with Gasteiger partial charge in [0.15, 0.2) is 0 Å². The highest BCUT2D eigenvalue weighted by atomic mass is 16.5. The Morgan fingerprint density at radius 2 is 2.05 bits per heavy atom. The molecule has 118 valence electrons. The zero-order chi connectivity index (χ0) is 15.9. The van der Waals surface area contributed by atoms with Gasteiger partial charge in [-0.25, -0.2) is 9.97 Å². The van der Waals surface area contributed by atoms with Gasteiger partial charge < -0.3 is 14.8 Å². The molecule has 0 saturated carbocycles. The molecule has 8 nitrogen and oxygen atoms in total. The van der Waals surface area contributed by atoms with Gasteiger partial charge in [-0.15, -0.1) is 0 Å². The largest absolute Gasteiger partial charge is 0.461 e. The highest BCUT2D eigenvalue weighted by Gasteiger charge is 2.09. The second kappa shape index (κ2) is 7.51. The number of anilines is 1. The number of nitrogens with one attached hydrogen (secondary N) is 1. The van der Waals surface area contributed by atoms with Crippen LogP contribution in [0.1, 0.15) is 11.4 Å². The standard InChI is InChI=1S/C14H19N5O3/c1-10-6-12(19(2)18-10)7-13(20)17-11-8-15-14(16-9-11)22-5-4-21-3/h6,8-9H,4-5,7H2,1-3H3,(H,17,20). The molecule has 0 radical (unpaired) electrons. The van der Waals surface area contributed by atoms with Crippen molar-refractivity contribution in [2.45, 2.75) is 13.3 Å². The molecule has 0 saturated heterocycles. The number of carbonyl (C=O) groups is 1. The number of hydrogen-bond donors (Lipinski definition) is 1. The smallest absolute Gasteiger partial charge is 0.316 e. The zero-order valence-electron chi connectivity index (χ0n) is 12.9. The maximum Gasteiger partial charge on any atom is 0.316 e. The minimum Gasteiger partial charge on any atom is -0.461 e. The molecule has 0 aliphatic carbocycles. The lowest BCUT2D eigenvalue weighted by molar-refractivity contribution is -0.115. The fourth-order valence-electron chi connectivity index (χ4n) is 1.87. The Hall–Kier alpha value is -2.48. The average molecular weight is 305 g/mol. The van der Waals surface area contributed by atoms with Crippen LogP contribution in [0.3, 0.4) is 0 Å². The highest BCUT2D eigenvalue weighted by molar-refractivity contribution is 5.91. The van der Waals surface area contributed by atoms with E-state index in [9.17, 15) is 4.79 Å². The van der Waals surface area contributed by atoms with Crippen LogP contribution in [0.2, 0.25) is 0 Å². The van der Waals surface area contributed by atoms with Gasteiger partial charge in [0.05, 0.1) is 36.8 Å². The molecule has 0 unspecified atom stereocenters. The minimum atomic E-state index is -0.153.